The number of rotatable bonds is 5. The Labute approximate surface area is 97.7 Å². The van der Waals surface area contributed by atoms with Crippen LogP contribution in [0, 0.1) is 5.82 Å². The van der Waals surface area contributed by atoms with E-state index in [2.05, 4.69) is 15.9 Å². The Kier molecular flexibility index (Phi) is 5.22. The van der Waals surface area contributed by atoms with Gasteiger partial charge in [0.05, 0.1) is 6.61 Å². The minimum atomic E-state index is -0.247. The molecule has 0 aliphatic carbocycles. The summed E-state index contributed by atoms with van der Waals surface area (Å²) in [4.78, 5) is 0. The Morgan fingerprint density at radius 2 is 2.20 bits per heavy atom. The second kappa shape index (κ2) is 6.20. The van der Waals surface area contributed by atoms with Gasteiger partial charge in [-0.15, -0.1) is 0 Å². The molecule has 0 amide bonds. The maximum atomic E-state index is 13.0. The van der Waals surface area contributed by atoms with E-state index in [1.54, 1.807) is 0 Å². The van der Waals surface area contributed by atoms with E-state index in [0.717, 1.165) is 10.0 Å². The molecule has 2 nitrogen and oxygen atoms in total. The third-order valence-corrected chi connectivity index (χ3v) is 2.41. The van der Waals surface area contributed by atoms with Crippen LogP contribution in [0.15, 0.2) is 22.7 Å². The van der Waals surface area contributed by atoms with Gasteiger partial charge in [-0.1, -0.05) is 15.9 Å². The molecular formula is C11H15BrFNO. The van der Waals surface area contributed by atoms with Crippen molar-refractivity contribution in [3.63, 3.8) is 0 Å². The van der Waals surface area contributed by atoms with Gasteiger partial charge in [0, 0.05) is 17.1 Å². The maximum absolute atomic E-state index is 13.0. The maximum Gasteiger partial charge on any atom is 0.124 e. The summed E-state index contributed by atoms with van der Waals surface area (Å²) < 4.78 is 19.0. The molecule has 1 unspecified atom stereocenters. The molecule has 1 aromatic carbocycles. The molecule has 0 aromatic heterocycles. The molecule has 0 saturated carbocycles. The molecular weight excluding hydrogens is 261 g/mol. The van der Waals surface area contributed by atoms with Gasteiger partial charge in [0.25, 0.3) is 0 Å². The normalized spacial score (nSPS) is 12.8. The Hall–Kier alpha value is -0.450. The van der Waals surface area contributed by atoms with Crippen LogP contribution in [0.25, 0.3) is 0 Å². The first-order valence-electron chi connectivity index (χ1n) is 4.90. The fraction of sp³-hybridized carbons (Fsp3) is 0.455. The fourth-order valence-electron chi connectivity index (χ4n) is 1.36. The molecule has 0 spiro atoms. The SMILES string of the molecule is CCOCC(N)Cc1cc(F)cc(Br)c1. The van der Waals surface area contributed by atoms with Gasteiger partial charge in [-0.2, -0.15) is 0 Å². The summed E-state index contributed by atoms with van der Waals surface area (Å²) in [5, 5.41) is 0. The second-order valence-corrected chi connectivity index (χ2v) is 4.32. The summed E-state index contributed by atoms with van der Waals surface area (Å²) in [5.41, 5.74) is 6.71. The lowest BCUT2D eigenvalue weighted by molar-refractivity contribution is 0.133. The number of hydrogen-bond acceptors (Lipinski definition) is 2. The minimum absolute atomic E-state index is 0.0846. The summed E-state index contributed by atoms with van der Waals surface area (Å²) in [5.74, 6) is -0.247. The van der Waals surface area contributed by atoms with Crippen molar-refractivity contribution in [1.82, 2.24) is 0 Å². The van der Waals surface area contributed by atoms with Crippen molar-refractivity contribution in [3.8, 4) is 0 Å². The van der Waals surface area contributed by atoms with E-state index in [4.69, 9.17) is 10.5 Å². The standard InChI is InChI=1S/C11H15BrFNO/c1-2-15-7-11(14)5-8-3-9(12)6-10(13)4-8/h3-4,6,11H,2,5,7,14H2,1H3. The molecule has 0 saturated heterocycles. The molecule has 0 fully saturated rings. The monoisotopic (exact) mass is 275 g/mol. The van der Waals surface area contributed by atoms with Gasteiger partial charge in [0.1, 0.15) is 5.82 Å². The minimum Gasteiger partial charge on any atom is -0.380 e. The predicted octanol–water partition coefficient (Wildman–Crippen LogP) is 2.49. The first kappa shape index (κ1) is 12.6. The number of nitrogens with two attached hydrogens (primary N) is 1. The van der Waals surface area contributed by atoms with Crippen LogP contribution in [0.4, 0.5) is 4.39 Å². The van der Waals surface area contributed by atoms with E-state index in [9.17, 15) is 4.39 Å². The zero-order valence-electron chi connectivity index (χ0n) is 8.67. The smallest absolute Gasteiger partial charge is 0.124 e. The van der Waals surface area contributed by atoms with Crippen molar-refractivity contribution in [2.45, 2.75) is 19.4 Å². The third kappa shape index (κ3) is 4.73. The van der Waals surface area contributed by atoms with Gasteiger partial charge in [0.15, 0.2) is 0 Å². The number of hydrogen-bond donors (Lipinski definition) is 1. The average Bonchev–Trinajstić information content (AvgIpc) is 2.13. The van der Waals surface area contributed by atoms with Crippen molar-refractivity contribution in [2.24, 2.45) is 5.73 Å². The highest BCUT2D eigenvalue weighted by atomic mass is 79.9. The highest BCUT2D eigenvalue weighted by Gasteiger charge is 2.06. The van der Waals surface area contributed by atoms with E-state index in [-0.39, 0.29) is 11.9 Å². The Morgan fingerprint density at radius 3 is 2.80 bits per heavy atom. The quantitative estimate of drug-likeness (QED) is 0.896. The number of ether oxygens (including phenoxy) is 1. The zero-order chi connectivity index (χ0) is 11.3. The molecule has 2 N–H and O–H groups in total. The zero-order valence-corrected chi connectivity index (χ0v) is 10.3. The van der Waals surface area contributed by atoms with Gasteiger partial charge in [0.2, 0.25) is 0 Å². The van der Waals surface area contributed by atoms with E-state index in [1.165, 1.54) is 12.1 Å². The van der Waals surface area contributed by atoms with Gasteiger partial charge < -0.3 is 10.5 Å². The average molecular weight is 276 g/mol. The molecule has 84 valence electrons. The molecule has 0 bridgehead atoms. The summed E-state index contributed by atoms with van der Waals surface area (Å²) in [6, 6.07) is 4.71. The highest BCUT2D eigenvalue weighted by molar-refractivity contribution is 9.10. The van der Waals surface area contributed by atoms with Crippen LogP contribution >= 0.6 is 15.9 Å². The third-order valence-electron chi connectivity index (χ3n) is 1.96. The van der Waals surface area contributed by atoms with Gasteiger partial charge >= 0.3 is 0 Å². The molecule has 1 aromatic rings. The van der Waals surface area contributed by atoms with Crippen LogP contribution in [0.5, 0.6) is 0 Å². The molecule has 0 aliphatic heterocycles. The van der Waals surface area contributed by atoms with Gasteiger partial charge in [-0.05, 0) is 37.1 Å². The molecule has 15 heavy (non-hydrogen) atoms. The van der Waals surface area contributed by atoms with Crippen molar-refractivity contribution in [3.05, 3.63) is 34.1 Å². The van der Waals surface area contributed by atoms with Gasteiger partial charge in [-0.3, -0.25) is 0 Å². The largest absolute Gasteiger partial charge is 0.380 e. The van der Waals surface area contributed by atoms with E-state index in [1.807, 2.05) is 13.0 Å². The van der Waals surface area contributed by atoms with Crippen LogP contribution in [0.1, 0.15) is 12.5 Å². The lowest BCUT2D eigenvalue weighted by Gasteiger charge is -2.11. The second-order valence-electron chi connectivity index (χ2n) is 3.40. The number of benzene rings is 1. The Morgan fingerprint density at radius 1 is 1.47 bits per heavy atom. The Balaban J connectivity index is 2.56. The van der Waals surface area contributed by atoms with Crippen LogP contribution in [0.3, 0.4) is 0 Å². The predicted molar refractivity (Wildman–Crippen MR) is 62.3 cm³/mol. The first-order chi connectivity index (χ1) is 7.11. The first-order valence-corrected chi connectivity index (χ1v) is 5.69. The molecule has 1 rings (SSSR count). The molecule has 1 atom stereocenters. The van der Waals surface area contributed by atoms with E-state index >= 15 is 0 Å². The summed E-state index contributed by atoms with van der Waals surface area (Å²) in [6.07, 6.45) is 0.621. The topological polar surface area (TPSA) is 35.2 Å². The lowest BCUT2D eigenvalue weighted by Crippen LogP contribution is -2.28. The van der Waals surface area contributed by atoms with Crippen molar-refractivity contribution in [2.75, 3.05) is 13.2 Å². The van der Waals surface area contributed by atoms with Crippen LogP contribution in [-0.2, 0) is 11.2 Å². The summed E-state index contributed by atoms with van der Waals surface area (Å²) in [7, 11) is 0. The molecule has 4 heteroatoms. The van der Waals surface area contributed by atoms with Crippen molar-refractivity contribution >= 4 is 15.9 Å². The van der Waals surface area contributed by atoms with E-state index in [0.29, 0.717) is 19.6 Å². The summed E-state index contributed by atoms with van der Waals surface area (Å²) in [6.45, 7) is 3.08. The number of halogens is 2. The van der Waals surface area contributed by atoms with Gasteiger partial charge in [-0.25, -0.2) is 4.39 Å². The van der Waals surface area contributed by atoms with Crippen molar-refractivity contribution in [1.29, 1.82) is 0 Å². The van der Waals surface area contributed by atoms with Crippen LogP contribution in [-0.4, -0.2) is 19.3 Å². The van der Waals surface area contributed by atoms with E-state index < -0.39 is 0 Å². The van der Waals surface area contributed by atoms with Crippen LogP contribution in [0.2, 0.25) is 0 Å². The summed E-state index contributed by atoms with van der Waals surface area (Å²) >= 11 is 3.24. The fourth-order valence-corrected chi connectivity index (χ4v) is 1.87. The molecule has 0 heterocycles. The molecule has 0 aliphatic rings. The lowest BCUT2D eigenvalue weighted by atomic mass is 10.1. The molecule has 0 radical (unpaired) electrons. The Bertz CT molecular complexity index is 299. The van der Waals surface area contributed by atoms with Crippen LogP contribution < -0.4 is 5.73 Å². The van der Waals surface area contributed by atoms with Crippen molar-refractivity contribution < 1.29 is 9.13 Å². The highest BCUT2D eigenvalue weighted by Crippen LogP contribution is 2.15.